The van der Waals surface area contributed by atoms with Crippen molar-refractivity contribution in [2.45, 2.75) is 0 Å². The lowest BCUT2D eigenvalue weighted by Crippen LogP contribution is -2.11. The van der Waals surface area contributed by atoms with Crippen molar-refractivity contribution < 1.29 is 9.13 Å². The van der Waals surface area contributed by atoms with Crippen LogP contribution in [0.5, 0.6) is 11.5 Å². The van der Waals surface area contributed by atoms with E-state index in [4.69, 9.17) is 27.5 Å². The van der Waals surface area contributed by atoms with Gasteiger partial charge in [0.15, 0.2) is 0 Å². The largest absolute Gasteiger partial charge is 0.457 e. The van der Waals surface area contributed by atoms with Gasteiger partial charge in [0.2, 0.25) is 0 Å². The molecule has 0 atom stereocenters. The van der Waals surface area contributed by atoms with Crippen LogP contribution in [-0.2, 0) is 0 Å². The quantitative estimate of drug-likeness (QED) is 0.644. The predicted molar refractivity (Wildman–Crippen MR) is 76.6 cm³/mol. The molecule has 98 valence electrons. The average Bonchev–Trinajstić information content (AvgIpc) is 2.33. The number of rotatable bonds is 3. The molecule has 6 heteroatoms. The first-order valence-corrected chi connectivity index (χ1v) is 6.41. The van der Waals surface area contributed by atoms with E-state index in [2.05, 4.69) is 15.9 Å². The Hall–Kier alpha value is -1.59. The summed E-state index contributed by atoms with van der Waals surface area (Å²) in [7, 11) is 0. The summed E-state index contributed by atoms with van der Waals surface area (Å²) in [5.41, 5.74) is 5.97. The minimum atomic E-state index is -0.543. The van der Waals surface area contributed by atoms with Crippen molar-refractivity contribution >= 4 is 33.4 Å². The summed E-state index contributed by atoms with van der Waals surface area (Å²) in [5.74, 6) is 0.248. The van der Waals surface area contributed by atoms with Crippen LogP contribution >= 0.6 is 27.5 Å². The maximum Gasteiger partial charge on any atom is 0.145 e. The van der Waals surface area contributed by atoms with E-state index in [0.29, 0.717) is 21.5 Å². The Morgan fingerprint density at radius 3 is 2.42 bits per heavy atom. The lowest BCUT2D eigenvalue weighted by molar-refractivity contribution is 0.476. The minimum Gasteiger partial charge on any atom is -0.457 e. The summed E-state index contributed by atoms with van der Waals surface area (Å²) >= 11 is 8.88. The van der Waals surface area contributed by atoms with Crippen LogP contribution in [0.15, 0.2) is 40.9 Å². The third-order valence-corrected chi connectivity index (χ3v) is 3.32. The number of amidine groups is 1. The zero-order valence-corrected chi connectivity index (χ0v) is 11.9. The standard InChI is InChI=1S/C13H9BrClFN2O/c14-10-5-7(1-3-9(10)13(17)18)19-8-2-4-11(15)12(16)6-8/h1-6H,(H3,17,18). The molecule has 0 amide bonds. The number of hydrogen-bond acceptors (Lipinski definition) is 2. The first-order chi connectivity index (χ1) is 8.97. The molecule has 0 unspecified atom stereocenters. The summed E-state index contributed by atoms with van der Waals surface area (Å²) in [6, 6.07) is 9.14. The maximum atomic E-state index is 13.3. The molecule has 2 aromatic rings. The second-order valence-electron chi connectivity index (χ2n) is 3.73. The number of nitrogens with two attached hydrogens (primary N) is 1. The summed E-state index contributed by atoms with van der Waals surface area (Å²) in [4.78, 5) is 0. The van der Waals surface area contributed by atoms with E-state index in [-0.39, 0.29) is 10.9 Å². The van der Waals surface area contributed by atoms with Gasteiger partial charge in [-0.3, -0.25) is 5.41 Å². The lowest BCUT2D eigenvalue weighted by atomic mass is 10.2. The zero-order valence-electron chi connectivity index (χ0n) is 9.58. The Morgan fingerprint density at radius 2 is 1.84 bits per heavy atom. The predicted octanol–water partition coefficient (Wildman–Crippen LogP) is 4.32. The van der Waals surface area contributed by atoms with E-state index in [1.807, 2.05) is 0 Å². The molecule has 0 aromatic heterocycles. The highest BCUT2D eigenvalue weighted by molar-refractivity contribution is 9.10. The fraction of sp³-hybridized carbons (Fsp3) is 0. The molecule has 0 aliphatic heterocycles. The first-order valence-electron chi connectivity index (χ1n) is 5.24. The van der Waals surface area contributed by atoms with Gasteiger partial charge >= 0.3 is 0 Å². The minimum absolute atomic E-state index is 0.0421. The van der Waals surface area contributed by atoms with E-state index >= 15 is 0 Å². The lowest BCUT2D eigenvalue weighted by Gasteiger charge is -2.08. The number of benzene rings is 2. The number of hydrogen-bond donors (Lipinski definition) is 2. The zero-order chi connectivity index (χ0) is 14.0. The molecular weight excluding hydrogens is 335 g/mol. The van der Waals surface area contributed by atoms with Crippen molar-refractivity contribution in [2.24, 2.45) is 5.73 Å². The van der Waals surface area contributed by atoms with Crippen LogP contribution in [-0.4, -0.2) is 5.84 Å². The second kappa shape index (κ2) is 5.59. The summed E-state index contributed by atoms with van der Waals surface area (Å²) < 4.78 is 19.4. The Morgan fingerprint density at radius 1 is 1.21 bits per heavy atom. The third-order valence-electron chi connectivity index (χ3n) is 2.36. The van der Waals surface area contributed by atoms with E-state index in [1.54, 1.807) is 24.3 Å². The van der Waals surface area contributed by atoms with Gasteiger partial charge < -0.3 is 10.5 Å². The molecule has 0 spiro atoms. The molecule has 0 heterocycles. The van der Waals surface area contributed by atoms with Gasteiger partial charge in [-0.25, -0.2) is 4.39 Å². The number of nitrogens with one attached hydrogen (secondary N) is 1. The first kappa shape index (κ1) is 13.8. The van der Waals surface area contributed by atoms with E-state index in [1.165, 1.54) is 12.1 Å². The highest BCUT2D eigenvalue weighted by Gasteiger charge is 2.07. The molecule has 0 fully saturated rings. The molecule has 0 aliphatic carbocycles. The van der Waals surface area contributed by atoms with Crippen LogP contribution < -0.4 is 10.5 Å². The second-order valence-corrected chi connectivity index (χ2v) is 4.99. The Bertz CT molecular complexity index is 649. The highest BCUT2D eigenvalue weighted by atomic mass is 79.9. The van der Waals surface area contributed by atoms with E-state index in [9.17, 15) is 4.39 Å². The third kappa shape index (κ3) is 3.24. The van der Waals surface area contributed by atoms with Crippen LogP contribution in [0.1, 0.15) is 5.56 Å². The van der Waals surface area contributed by atoms with Crippen LogP contribution in [0.4, 0.5) is 4.39 Å². The molecule has 2 rings (SSSR count). The van der Waals surface area contributed by atoms with Crippen molar-refractivity contribution in [3.8, 4) is 11.5 Å². The summed E-state index contributed by atoms with van der Waals surface area (Å²) in [6.45, 7) is 0. The van der Waals surface area contributed by atoms with Crippen molar-refractivity contribution in [3.63, 3.8) is 0 Å². The number of halogens is 3. The summed E-state index contributed by atoms with van der Waals surface area (Å²) in [5, 5.41) is 7.40. The number of nitrogen functional groups attached to an aromatic ring is 1. The SMILES string of the molecule is N=C(N)c1ccc(Oc2ccc(Cl)c(F)c2)cc1Br. The maximum absolute atomic E-state index is 13.3. The van der Waals surface area contributed by atoms with Gasteiger partial charge in [0.25, 0.3) is 0 Å². The summed E-state index contributed by atoms with van der Waals surface area (Å²) in [6.07, 6.45) is 0. The molecule has 0 radical (unpaired) electrons. The number of ether oxygens (including phenoxy) is 1. The molecule has 0 saturated heterocycles. The van der Waals surface area contributed by atoms with Crippen molar-refractivity contribution in [1.82, 2.24) is 0 Å². The Labute approximate surface area is 122 Å². The van der Waals surface area contributed by atoms with Gasteiger partial charge in [-0.2, -0.15) is 0 Å². The molecule has 0 aliphatic rings. The normalized spacial score (nSPS) is 10.3. The van der Waals surface area contributed by atoms with Gasteiger partial charge in [0, 0.05) is 16.1 Å². The van der Waals surface area contributed by atoms with Crippen LogP contribution in [0, 0.1) is 11.2 Å². The van der Waals surface area contributed by atoms with Crippen LogP contribution in [0.2, 0.25) is 5.02 Å². The molecule has 0 bridgehead atoms. The van der Waals surface area contributed by atoms with Crippen LogP contribution in [0.3, 0.4) is 0 Å². The van der Waals surface area contributed by atoms with Gasteiger partial charge in [-0.1, -0.05) is 11.6 Å². The van der Waals surface area contributed by atoms with Gasteiger partial charge in [0.1, 0.15) is 23.2 Å². The van der Waals surface area contributed by atoms with Gasteiger partial charge in [-0.05, 0) is 46.3 Å². The molecule has 3 N–H and O–H groups in total. The smallest absolute Gasteiger partial charge is 0.145 e. The Kier molecular flexibility index (Phi) is 4.07. The fourth-order valence-corrected chi connectivity index (χ4v) is 2.14. The molecular formula is C13H9BrClFN2O. The molecule has 19 heavy (non-hydrogen) atoms. The molecule has 2 aromatic carbocycles. The van der Waals surface area contributed by atoms with Gasteiger partial charge in [-0.15, -0.1) is 0 Å². The van der Waals surface area contributed by atoms with Gasteiger partial charge in [0.05, 0.1) is 5.02 Å². The van der Waals surface area contributed by atoms with Crippen molar-refractivity contribution in [1.29, 1.82) is 5.41 Å². The monoisotopic (exact) mass is 342 g/mol. The van der Waals surface area contributed by atoms with E-state index < -0.39 is 5.82 Å². The van der Waals surface area contributed by atoms with Crippen molar-refractivity contribution in [2.75, 3.05) is 0 Å². The molecule has 0 saturated carbocycles. The van der Waals surface area contributed by atoms with Crippen LogP contribution in [0.25, 0.3) is 0 Å². The highest BCUT2D eigenvalue weighted by Crippen LogP contribution is 2.28. The van der Waals surface area contributed by atoms with Crippen molar-refractivity contribution in [3.05, 3.63) is 57.3 Å². The average molecular weight is 344 g/mol. The van der Waals surface area contributed by atoms with E-state index in [0.717, 1.165) is 0 Å². The topological polar surface area (TPSA) is 59.1 Å². The fourth-order valence-electron chi connectivity index (χ4n) is 1.45. The Balaban J connectivity index is 2.26. The molecule has 3 nitrogen and oxygen atoms in total.